The summed E-state index contributed by atoms with van der Waals surface area (Å²) in [6, 6.07) is 2.43. The van der Waals surface area contributed by atoms with Gasteiger partial charge < -0.3 is 0 Å². The Morgan fingerprint density at radius 3 is 2.29 bits per heavy atom. The molecule has 0 unspecified atom stereocenters. The van der Waals surface area contributed by atoms with Gasteiger partial charge in [-0.1, -0.05) is 0 Å². The van der Waals surface area contributed by atoms with Crippen LogP contribution in [0.5, 0.6) is 0 Å². The van der Waals surface area contributed by atoms with Gasteiger partial charge in [0.05, 0.1) is 5.56 Å². The van der Waals surface area contributed by atoms with Crippen LogP contribution in [0.2, 0.25) is 0 Å². The van der Waals surface area contributed by atoms with Crippen molar-refractivity contribution in [1.29, 1.82) is 0 Å². The molecule has 1 rings (SSSR count). The van der Waals surface area contributed by atoms with Crippen LogP contribution in [-0.4, -0.2) is 5.88 Å². The number of halogens is 5. The lowest BCUT2D eigenvalue weighted by Crippen LogP contribution is -2.06. The Balaban J connectivity index is 3.07. The third-order valence-corrected chi connectivity index (χ3v) is 1.86. The molecule has 0 N–H and O–H groups in total. The van der Waals surface area contributed by atoms with Crippen LogP contribution >= 0.6 is 11.6 Å². The third-order valence-electron chi connectivity index (χ3n) is 1.67. The van der Waals surface area contributed by atoms with Crippen molar-refractivity contribution in [3.63, 3.8) is 0 Å². The summed E-state index contributed by atoms with van der Waals surface area (Å²) >= 11 is 5.35. The Morgan fingerprint density at radius 1 is 1.14 bits per heavy atom. The number of alkyl halides is 4. The van der Waals surface area contributed by atoms with E-state index in [0.29, 0.717) is 6.07 Å². The van der Waals surface area contributed by atoms with E-state index in [1.165, 1.54) is 0 Å². The molecule has 0 nitrogen and oxygen atoms in total. The Bertz CT molecular complexity index is 319. The second-order valence-corrected chi connectivity index (χ2v) is 3.16. The van der Waals surface area contributed by atoms with E-state index < -0.39 is 17.6 Å². The largest absolute Gasteiger partial charge is 0.416 e. The molecule has 14 heavy (non-hydrogen) atoms. The van der Waals surface area contributed by atoms with E-state index in [4.69, 9.17) is 11.6 Å². The van der Waals surface area contributed by atoms with Crippen LogP contribution in [0.3, 0.4) is 0 Å². The molecule has 0 atom stereocenters. The van der Waals surface area contributed by atoms with E-state index >= 15 is 0 Å². The molecule has 78 valence electrons. The van der Waals surface area contributed by atoms with Crippen molar-refractivity contribution >= 4 is 11.6 Å². The van der Waals surface area contributed by atoms with Crippen molar-refractivity contribution in [1.82, 2.24) is 0 Å². The molecule has 0 bridgehead atoms. The van der Waals surface area contributed by atoms with E-state index in [0.717, 1.165) is 12.1 Å². The monoisotopic (exact) mass is 226 g/mol. The summed E-state index contributed by atoms with van der Waals surface area (Å²) in [6.45, 7) is 0. The number of hydrogen-bond donors (Lipinski definition) is 0. The summed E-state index contributed by atoms with van der Waals surface area (Å²) < 4.78 is 49.3. The molecule has 0 saturated heterocycles. The Labute approximate surface area is 83.5 Å². The van der Waals surface area contributed by atoms with Gasteiger partial charge in [0.15, 0.2) is 0 Å². The topological polar surface area (TPSA) is 0 Å². The summed E-state index contributed by atoms with van der Waals surface area (Å²) in [6.07, 6.45) is -4.29. The van der Waals surface area contributed by atoms with Gasteiger partial charge >= 0.3 is 6.18 Å². The molecule has 0 saturated carbocycles. The molecule has 0 amide bonds. The minimum atomic E-state index is -4.51. The van der Waals surface area contributed by atoms with Gasteiger partial charge in [-0.3, -0.25) is 0 Å². The van der Waals surface area contributed by atoms with E-state index in [9.17, 15) is 17.6 Å². The fourth-order valence-corrected chi connectivity index (χ4v) is 1.29. The minimum absolute atomic E-state index is 0.167. The summed E-state index contributed by atoms with van der Waals surface area (Å²) in [4.78, 5) is 0. The normalized spacial score (nSPS) is 11.8. The zero-order valence-electron chi connectivity index (χ0n) is 7.04. The quantitative estimate of drug-likeness (QED) is 0.534. The van der Waals surface area contributed by atoms with Gasteiger partial charge in [-0.2, -0.15) is 13.2 Å². The van der Waals surface area contributed by atoms with Gasteiger partial charge in [-0.05, 0) is 30.2 Å². The molecule has 0 spiro atoms. The molecule has 1 aromatic rings. The van der Waals surface area contributed by atoms with Crippen LogP contribution in [-0.2, 0) is 12.6 Å². The van der Waals surface area contributed by atoms with Crippen molar-refractivity contribution in [2.45, 2.75) is 12.6 Å². The van der Waals surface area contributed by atoms with Crippen LogP contribution in [0.25, 0.3) is 0 Å². The molecule has 0 heterocycles. The first-order valence-electron chi connectivity index (χ1n) is 3.86. The average Bonchev–Trinajstić information content (AvgIpc) is 2.02. The second kappa shape index (κ2) is 4.17. The fraction of sp³-hybridized carbons (Fsp3) is 0.333. The number of hydrogen-bond acceptors (Lipinski definition) is 0. The lowest BCUT2D eigenvalue weighted by atomic mass is 10.1. The van der Waals surface area contributed by atoms with Gasteiger partial charge in [0.2, 0.25) is 0 Å². The molecular weight excluding hydrogens is 220 g/mol. The smallest absolute Gasteiger partial charge is 0.207 e. The van der Waals surface area contributed by atoms with E-state index in [1.807, 2.05) is 0 Å². The highest BCUT2D eigenvalue weighted by Gasteiger charge is 2.31. The molecular formula is C9H7ClF4. The van der Waals surface area contributed by atoms with Gasteiger partial charge in [0.25, 0.3) is 0 Å². The molecule has 0 aliphatic heterocycles. The highest BCUT2D eigenvalue weighted by Crippen LogP contribution is 2.30. The third kappa shape index (κ3) is 2.87. The molecule has 0 aliphatic rings. The van der Waals surface area contributed by atoms with Crippen molar-refractivity contribution in [3.8, 4) is 0 Å². The first kappa shape index (κ1) is 11.3. The first-order valence-corrected chi connectivity index (χ1v) is 4.39. The van der Waals surface area contributed by atoms with E-state index in [-0.39, 0.29) is 17.9 Å². The number of rotatable bonds is 2. The molecule has 0 fully saturated rings. The highest BCUT2D eigenvalue weighted by atomic mass is 35.5. The first-order chi connectivity index (χ1) is 6.43. The molecule has 5 heteroatoms. The Hall–Kier alpha value is -0.770. The summed E-state index contributed by atoms with van der Waals surface area (Å²) in [7, 11) is 0. The van der Waals surface area contributed by atoms with Gasteiger partial charge in [-0.15, -0.1) is 11.6 Å². The maximum Gasteiger partial charge on any atom is 0.416 e. The van der Waals surface area contributed by atoms with Crippen LogP contribution in [0.15, 0.2) is 18.2 Å². The van der Waals surface area contributed by atoms with Gasteiger partial charge in [0.1, 0.15) is 5.82 Å². The minimum Gasteiger partial charge on any atom is -0.207 e. The maximum atomic E-state index is 12.7. The van der Waals surface area contributed by atoms with Gasteiger partial charge in [0, 0.05) is 5.88 Å². The number of benzene rings is 1. The SMILES string of the molecule is Fc1cc(CCCl)cc(C(F)(F)F)c1. The van der Waals surface area contributed by atoms with Gasteiger partial charge in [-0.25, -0.2) is 4.39 Å². The van der Waals surface area contributed by atoms with Crippen LogP contribution in [0.1, 0.15) is 11.1 Å². The zero-order valence-corrected chi connectivity index (χ0v) is 7.79. The predicted octanol–water partition coefficient (Wildman–Crippen LogP) is 3.63. The lowest BCUT2D eigenvalue weighted by Gasteiger charge is -2.08. The molecule has 1 aromatic carbocycles. The maximum absolute atomic E-state index is 12.7. The highest BCUT2D eigenvalue weighted by molar-refractivity contribution is 6.17. The standard InChI is InChI=1S/C9H7ClF4/c10-2-1-6-3-7(9(12,13)14)5-8(11)4-6/h3-5H,1-2H2. The zero-order chi connectivity index (χ0) is 10.8. The van der Waals surface area contributed by atoms with Crippen molar-refractivity contribution < 1.29 is 17.6 Å². The Kier molecular flexibility index (Phi) is 3.37. The van der Waals surface area contributed by atoms with Crippen LogP contribution in [0.4, 0.5) is 17.6 Å². The van der Waals surface area contributed by atoms with Crippen molar-refractivity contribution in [2.24, 2.45) is 0 Å². The van der Waals surface area contributed by atoms with E-state index in [1.54, 1.807) is 0 Å². The predicted molar refractivity (Wildman–Crippen MR) is 45.8 cm³/mol. The van der Waals surface area contributed by atoms with Crippen LogP contribution < -0.4 is 0 Å². The summed E-state index contributed by atoms with van der Waals surface area (Å²) in [5.41, 5.74) is -0.718. The summed E-state index contributed by atoms with van der Waals surface area (Å²) in [5.74, 6) is -0.722. The fourth-order valence-electron chi connectivity index (χ4n) is 1.07. The molecule has 0 aromatic heterocycles. The van der Waals surface area contributed by atoms with Crippen molar-refractivity contribution in [3.05, 3.63) is 35.1 Å². The molecule has 0 aliphatic carbocycles. The Morgan fingerprint density at radius 2 is 1.79 bits per heavy atom. The van der Waals surface area contributed by atoms with E-state index in [2.05, 4.69) is 0 Å². The lowest BCUT2D eigenvalue weighted by molar-refractivity contribution is -0.137. The molecule has 0 radical (unpaired) electrons. The van der Waals surface area contributed by atoms with Crippen LogP contribution in [0, 0.1) is 5.82 Å². The average molecular weight is 227 g/mol. The number of aryl methyl sites for hydroxylation is 1. The summed E-state index contributed by atoms with van der Waals surface area (Å²) in [5, 5.41) is 0. The van der Waals surface area contributed by atoms with Crippen molar-refractivity contribution in [2.75, 3.05) is 5.88 Å². The second-order valence-electron chi connectivity index (χ2n) is 2.78.